The fourth-order valence-corrected chi connectivity index (χ4v) is 7.50. The number of fused-ring (bicyclic) bond motifs is 1. The molecule has 0 bridgehead atoms. The number of aromatic nitrogens is 1. The van der Waals surface area contributed by atoms with Crippen LogP contribution in [0.15, 0.2) is 77.0 Å². The van der Waals surface area contributed by atoms with E-state index in [0.29, 0.717) is 9.92 Å². The number of hydrogen-bond acceptors (Lipinski definition) is 4. The molecule has 3 heterocycles. The van der Waals surface area contributed by atoms with Gasteiger partial charge in [-0.25, -0.2) is 9.19 Å². The molecule has 5 rings (SSSR count). The number of hydrogen-bond donors (Lipinski definition) is 1. The molecule has 166 valence electrons. The maximum absolute atomic E-state index is 13.7. The highest BCUT2D eigenvalue weighted by molar-refractivity contribution is 8.01. The van der Waals surface area contributed by atoms with Crippen molar-refractivity contribution in [1.82, 2.24) is 4.98 Å². The second-order valence-corrected chi connectivity index (χ2v) is 12.3. The quantitative estimate of drug-likeness (QED) is 0.244. The first-order valence-corrected chi connectivity index (χ1v) is 14.1. The van der Waals surface area contributed by atoms with Gasteiger partial charge in [0.2, 0.25) is 0 Å². The number of benzene rings is 2. The molecule has 0 amide bonds. The van der Waals surface area contributed by atoms with Crippen molar-refractivity contribution in [3.8, 4) is 20.9 Å². The van der Waals surface area contributed by atoms with Crippen molar-refractivity contribution < 1.29 is 4.21 Å². The van der Waals surface area contributed by atoms with Crippen LogP contribution in [0.5, 0.6) is 0 Å². The largest absolute Gasteiger partial charge is 0.308 e. The second-order valence-electron chi connectivity index (χ2n) is 7.88. The van der Waals surface area contributed by atoms with Crippen LogP contribution in [0.4, 0.5) is 5.69 Å². The summed E-state index contributed by atoms with van der Waals surface area (Å²) in [6.07, 6.45) is 0. The number of thiophene rings is 2. The molecule has 0 aliphatic heterocycles. The molecule has 33 heavy (non-hydrogen) atoms. The van der Waals surface area contributed by atoms with Gasteiger partial charge in [-0.2, -0.15) is 0 Å². The molecule has 0 radical (unpaired) electrons. The van der Waals surface area contributed by atoms with Gasteiger partial charge in [0.25, 0.3) is 0 Å². The molecule has 2 aromatic carbocycles. The molecule has 0 saturated heterocycles. The van der Waals surface area contributed by atoms with Gasteiger partial charge in [-0.05, 0) is 61.0 Å². The standard InChI is InChI=1S/C26H21ClN2OS3/c1-16-7-4-8-18(13-16)23-24-21(29-33(3,30)20-10-5-9-19(27)15-20)14-17(2)28-26(24)32-25(23)22-11-6-12-31-22/h4-15H,3H2,1-2H3,(H,28,29,30). The van der Waals surface area contributed by atoms with Gasteiger partial charge in [-0.1, -0.05) is 53.6 Å². The van der Waals surface area contributed by atoms with Crippen LogP contribution in [0.3, 0.4) is 0 Å². The lowest BCUT2D eigenvalue weighted by Crippen LogP contribution is -2.13. The first-order valence-electron chi connectivity index (χ1n) is 10.3. The molecule has 7 heteroatoms. The normalized spacial score (nSPS) is 13.2. The predicted octanol–water partition coefficient (Wildman–Crippen LogP) is 8.06. The molecule has 0 saturated carbocycles. The number of pyridine rings is 1. The van der Waals surface area contributed by atoms with Crippen molar-refractivity contribution in [2.45, 2.75) is 18.7 Å². The Labute approximate surface area is 206 Å². The van der Waals surface area contributed by atoms with E-state index in [-0.39, 0.29) is 0 Å². The Morgan fingerprint density at radius 1 is 1.03 bits per heavy atom. The van der Waals surface area contributed by atoms with E-state index < -0.39 is 9.71 Å². The van der Waals surface area contributed by atoms with Crippen molar-refractivity contribution in [3.63, 3.8) is 0 Å². The molecule has 1 N–H and O–H groups in total. The van der Waals surface area contributed by atoms with E-state index in [4.69, 9.17) is 16.6 Å². The minimum Gasteiger partial charge on any atom is -0.308 e. The van der Waals surface area contributed by atoms with E-state index >= 15 is 0 Å². The van der Waals surface area contributed by atoms with Gasteiger partial charge in [0.05, 0.1) is 25.2 Å². The van der Waals surface area contributed by atoms with Gasteiger partial charge in [0, 0.05) is 26.5 Å². The summed E-state index contributed by atoms with van der Waals surface area (Å²) in [5.41, 5.74) is 4.99. The highest BCUT2D eigenvalue weighted by Crippen LogP contribution is 2.48. The van der Waals surface area contributed by atoms with Crippen LogP contribution >= 0.6 is 34.3 Å². The minimum absolute atomic E-state index is 0.526. The van der Waals surface area contributed by atoms with E-state index in [1.54, 1.807) is 46.9 Å². The lowest BCUT2D eigenvalue weighted by Gasteiger charge is -2.16. The third kappa shape index (κ3) is 4.32. The molecule has 1 unspecified atom stereocenters. The zero-order chi connectivity index (χ0) is 23.2. The zero-order valence-corrected chi connectivity index (χ0v) is 21.3. The van der Waals surface area contributed by atoms with Crippen molar-refractivity contribution in [2.75, 3.05) is 4.72 Å². The molecule has 0 spiro atoms. The number of halogens is 1. The summed E-state index contributed by atoms with van der Waals surface area (Å²) in [5, 5.41) is 3.56. The van der Waals surface area contributed by atoms with Crippen LogP contribution in [-0.2, 0) is 9.71 Å². The summed E-state index contributed by atoms with van der Waals surface area (Å²) in [4.78, 5) is 8.64. The van der Waals surface area contributed by atoms with Crippen LogP contribution in [0.1, 0.15) is 11.3 Å². The monoisotopic (exact) mass is 508 g/mol. The van der Waals surface area contributed by atoms with Gasteiger partial charge >= 0.3 is 0 Å². The number of nitrogens with zero attached hydrogens (tertiary/aromatic N) is 1. The molecular formula is C26H21ClN2OS3. The number of aryl methyl sites for hydroxylation is 2. The average Bonchev–Trinajstić information content (AvgIpc) is 3.41. The Hall–Kier alpha value is -2.64. The summed E-state index contributed by atoms with van der Waals surface area (Å²) in [7, 11) is -2.85. The summed E-state index contributed by atoms with van der Waals surface area (Å²) >= 11 is 9.53. The summed E-state index contributed by atoms with van der Waals surface area (Å²) in [6, 6.07) is 21.6. The van der Waals surface area contributed by atoms with Crippen molar-refractivity contribution in [3.05, 3.63) is 88.4 Å². The van der Waals surface area contributed by atoms with Crippen LogP contribution in [0.2, 0.25) is 5.02 Å². The van der Waals surface area contributed by atoms with Gasteiger partial charge < -0.3 is 4.72 Å². The van der Waals surface area contributed by atoms with E-state index in [1.165, 1.54) is 10.4 Å². The Kier molecular flexibility index (Phi) is 5.79. The molecular weight excluding hydrogens is 488 g/mol. The smallest absolute Gasteiger partial charge is 0.126 e. The van der Waals surface area contributed by atoms with Gasteiger partial charge in [-0.15, -0.1) is 22.7 Å². The molecule has 3 nitrogen and oxygen atoms in total. The molecule has 0 aliphatic rings. The molecule has 0 aliphatic carbocycles. The lowest BCUT2D eigenvalue weighted by molar-refractivity contribution is 0.684. The van der Waals surface area contributed by atoms with E-state index in [2.05, 4.69) is 59.3 Å². The van der Waals surface area contributed by atoms with Crippen molar-refractivity contribution in [2.24, 2.45) is 0 Å². The van der Waals surface area contributed by atoms with E-state index in [1.807, 2.05) is 13.0 Å². The van der Waals surface area contributed by atoms with Crippen LogP contribution in [0.25, 0.3) is 31.1 Å². The second kappa shape index (κ2) is 8.61. The lowest BCUT2D eigenvalue weighted by atomic mass is 9.99. The van der Waals surface area contributed by atoms with Crippen LogP contribution in [0, 0.1) is 13.8 Å². The predicted molar refractivity (Wildman–Crippen MR) is 146 cm³/mol. The Bertz CT molecular complexity index is 1590. The molecule has 0 fully saturated rings. The third-order valence-corrected chi connectivity index (χ3v) is 9.23. The fourth-order valence-electron chi connectivity index (χ4n) is 3.87. The van der Waals surface area contributed by atoms with Gasteiger partial charge in [0.1, 0.15) is 4.83 Å². The van der Waals surface area contributed by atoms with Crippen LogP contribution < -0.4 is 4.72 Å². The Morgan fingerprint density at radius 2 is 1.85 bits per heavy atom. The maximum atomic E-state index is 13.7. The van der Waals surface area contributed by atoms with Crippen molar-refractivity contribution in [1.29, 1.82) is 0 Å². The fraction of sp³-hybridized carbons (Fsp3) is 0.0769. The Balaban J connectivity index is 1.78. The minimum atomic E-state index is -2.85. The van der Waals surface area contributed by atoms with Gasteiger partial charge in [-0.3, -0.25) is 0 Å². The Morgan fingerprint density at radius 3 is 2.58 bits per heavy atom. The topological polar surface area (TPSA) is 42.0 Å². The molecule has 1 atom stereocenters. The van der Waals surface area contributed by atoms with E-state index in [9.17, 15) is 4.21 Å². The average molecular weight is 509 g/mol. The van der Waals surface area contributed by atoms with Crippen molar-refractivity contribution >= 4 is 65.8 Å². The molecule has 5 aromatic rings. The summed E-state index contributed by atoms with van der Waals surface area (Å²) < 4.78 is 17.0. The van der Waals surface area contributed by atoms with Crippen LogP contribution in [-0.4, -0.2) is 15.1 Å². The third-order valence-electron chi connectivity index (χ3n) is 5.29. The van der Waals surface area contributed by atoms with Gasteiger partial charge in [0.15, 0.2) is 0 Å². The number of rotatable bonds is 5. The van der Waals surface area contributed by atoms with E-state index in [0.717, 1.165) is 37.6 Å². The number of anilines is 1. The first kappa shape index (κ1) is 22.2. The SMILES string of the molecule is C=S(=O)(Nc1cc(C)nc2sc(-c3cccs3)c(-c3cccc(C)c3)c12)c1cccc(Cl)c1. The summed E-state index contributed by atoms with van der Waals surface area (Å²) in [5.74, 6) is 4.03. The summed E-state index contributed by atoms with van der Waals surface area (Å²) in [6.45, 7) is 4.04. The highest BCUT2D eigenvalue weighted by Gasteiger charge is 2.22. The number of nitrogens with one attached hydrogen (secondary N) is 1. The molecule has 3 aromatic heterocycles. The zero-order valence-electron chi connectivity index (χ0n) is 18.1. The highest BCUT2D eigenvalue weighted by atomic mass is 35.5. The first-order chi connectivity index (χ1) is 15.8. The maximum Gasteiger partial charge on any atom is 0.126 e.